The highest BCUT2D eigenvalue weighted by molar-refractivity contribution is 9.10. The molecule has 0 atom stereocenters. The van der Waals surface area contributed by atoms with Gasteiger partial charge in [-0.1, -0.05) is 6.07 Å². The standard InChI is InChI=1S/C11H13BrN2O3/c1-3-13(4-2)11(15)8-6-5-7-9(10(8)12)14(16)17/h5-7H,3-4H2,1-2H3. The molecule has 0 aliphatic heterocycles. The monoisotopic (exact) mass is 300 g/mol. The van der Waals surface area contributed by atoms with E-state index in [1.807, 2.05) is 13.8 Å². The average molecular weight is 301 g/mol. The van der Waals surface area contributed by atoms with E-state index in [0.717, 1.165) is 0 Å². The Kier molecular flexibility index (Phi) is 4.62. The first kappa shape index (κ1) is 13.6. The second-order valence-electron chi connectivity index (χ2n) is 3.37. The van der Waals surface area contributed by atoms with Crippen LogP contribution in [0.2, 0.25) is 0 Å². The molecule has 92 valence electrons. The van der Waals surface area contributed by atoms with Gasteiger partial charge in [0, 0.05) is 19.2 Å². The van der Waals surface area contributed by atoms with Crippen LogP contribution < -0.4 is 0 Å². The maximum absolute atomic E-state index is 12.1. The molecule has 0 N–H and O–H groups in total. The van der Waals surface area contributed by atoms with E-state index in [1.165, 1.54) is 12.1 Å². The van der Waals surface area contributed by atoms with E-state index in [1.54, 1.807) is 11.0 Å². The summed E-state index contributed by atoms with van der Waals surface area (Å²) in [5, 5.41) is 10.8. The minimum absolute atomic E-state index is 0.0944. The first-order chi connectivity index (χ1) is 8.02. The van der Waals surface area contributed by atoms with Crippen LogP contribution in [0.15, 0.2) is 22.7 Å². The van der Waals surface area contributed by atoms with E-state index in [9.17, 15) is 14.9 Å². The van der Waals surface area contributed by atoms with E-state index in [-0.39, 0.29) is 16.1 Å². The molecule has 0 radical (unpaired) electrons. The Morgan fingerprint density at radius 2 is 2.00 bits per heavy atom. The van der Waals surface area contributed by atoms with Crippen LogP contribution in [0.1, 0.15) is 24.2 Å². The van der Waals surface area contributed by atoms with Crippen molar-refractivity contribution in [1.29, 1.82) is 0 Å². The van der Waals surface area contributed by atoms with Crippen molar-refractivity contribution in [3.05, 3.63) is 38.3 Å². The molecule has 0 saturated carbocycles. The summed E-state index contributed by atoms with van der Waals surface area (Å²) in [4.78, 5) is 23.9. The fourth-order valence-electron chi connectivity index (χ4n) is 1.51. The predicted molar refractivity (Wildman–Crippen MR) is 68.0 cm³/mol. The van der Waals surface area contributed by atoms with Crippen molar-refractivity contribution < 1.29 is 9.72 Å². The van der Waals surface area contributed by atoms with Gasteiger partial charge in [-0.3, -0.25) is 14.9 Å². The van der Waals surface area contributed by atoms with Crippen molar-refractivity contribution in [2.45, 2.75) is 13.8 Å². The first-order valence-corrected chi connectivity index (χ1v) is 6.04. The van der Waals surface area contributed by atoms with Crippen molar-refractivity contribution in [3.63, 3.8) is 0 Å². The zero-order chi connectivity index (χ0) is 13.0. The van der Waals surface area contributed by atoms with Crippen molar-refractivity contribution in [3.8, 4) is 0 Å². The third kappa shape index (κ3) is 2.82. The van der Waals surface area contributed by atoms with Gasteiger partial charge in [-0.2, -0.15) is 0 Å². The van der Waals surface area contributed by atoms with Gasteiger partial charge in [0.25, 0.3) is 11.6 Å². The van der Waals surface area contributed by atoms with Gasteiger partial charge in [-0.05, 0) is 35.8 Å². The lowest BCUT2D eigenvalue weighted by atomic mass is 10.1. The molecule has 0 aliphatic carbocycles. The molecule has 6 heteroatoms. The highest BCUT2D eigenvalue weighted by atomic mass is 79.9. The normalized spacial score (nSPS) is 10.1. The number of benzene rings is 1. The van der Waals surface area contributed by atoms with Gasteiger partial charge in [0.1, 0.15) is 4.47 Å². The lowest BCUT2D eigenvalue weighted by molar-refractivity contribution is -0.385. The molecule has 0 bridgehead atoms. The van der Waals surface area contributed by atoms with Gasteiger partial charge in [0.05, 0.1) is 10.5 Å². The maximum Gasteiger partial charge on any atom is 0.284 e. The van der Waals surface area contributed by atoms with E-state index in [0.29, 0.717) is 18.7 Å². The highest BCUT2D eigenvalue weighted by Crippen LogP contribution is 2.29. The van der Waals surface area contributed by atoms with Crippen LogP contribution in [0.5, 0.6) is 0 Å². The smallest absolute Gasteiger partial charge is 0.284 e. The summed E-state index contributed by atoms with van der Waals surface area (Å²) in [7, 11) is 0. The largest absolute Gasteiger partial charge is 0.339 e. The van der Waals surface area contributed by atoms with Crippen LogP contribution in [0.3, 0.4) is 0 Å². The predicted octanol–water partition coefficient (Wildman–Crippen LogP) is 2.84. The van der Waals surface area contributed by atoms with E-state index in [4.69, 9.17) is 0 Å². The summed E-state index contributed by atoms with van der Waals surface area (Å²) in [5.74, 6) is -0.203. The Bertz CT molecular complexity index is 444. The zero-order valence-corrected chi connectivity index (χ0v) is 11.2. The zero-order valence-electron chi connectivity index (χ0n) is 9.64. The lowest BCUT2D eigenvalue weighted by Gasteiger charge is -2.19. The number of amides is 1. The highest BCUT2D eigenvalue weighted by Gasteiger charge is 2.21. The summed E-state index contributed by atoms with van der Waals surface area (Å²) in [6.07, 6.45) is 0. The Balaban J connectivity index is 3.19. The fraction of sp³-hybridized carbons (Fsp3) is 0.364. The van der Waals surface area contributed by atoms with Crippen LogP contribution in [0, 0.1) is 10.1 Å². The number of nitro groups is 1. The molecule has 1 aromatic carbocycles. The maximum atomic E-state index is 12.1. The third-order valence-electron chi connectivity index (χ3n) is 2.46. The molecule has 1 aromatic rings. The number of halogens is 1. The van der Waals surface area contributed by atoms with Crippen LogP contribution in [0.25, 0.3) is 0 Å². The van der Waals surface area contributed by atoms with Gasteiger partial charge in [-0.25, -0.2) is 0 Å². The number of nitro benzene ring substituents is 1. The van der Waals surface area contributed by atoms with Crippen LogP contribution in [0.4, 0.5) is 5.69 Å². The molecule has 17 heavy (non-hydrogen) atoms. The molecular formula is C11H13BrN2O3. The minimum atomic E-state index is -0.511. The van der Waals surface area contributed by atoms with Crippen LogP contribution >= 0.6 is 15.9 Å². The van der Waals surface area contributed by atoms with Crippen molar-refractivity contribution >= 4 is 27.5 Å². The second kappa shape index (κ2) is 5.77. The lowest BCUT2D eigenvalue weighted by Crippen LogP contribution is -2.30. The topological polar surface area (TPSA) is 63.5 Å². The number of carbonyl (C=O) groups excluding carboxylic acids is 1. The van der Waals surface area contributed by atoms with Crippen molar-refractivity contribution in [2.24, 2.45) is 0 Å². The van der Waals surface area contributed by atoms with Gasteiger partial charge in [0.15, 0.2) is 0 Å². The summed E-state index contributed by atoms with van der Waals surface area (Å²) in [6.45, 7) is 4.88. The summed E-state index contributed by atoms with van der Waals surface area (Å²) >= 11 is 3.12. The van der Waals surface area contributed by atoms with Crippen LogP contribution in [-0.4, -0.2) is 28.8 Å². The molecular weight excluding hydrogens is 288 g/mol. The molecule has 0 saturated heterocycles. The quantitative estimate of drug-likeness (QED) is 0.634. The van der Waals surface area contributed by atoms with Gasteiger partial charge in [0.2, 0.25) is 0 Å². The Morgan fingerprint density at radius 3 is 2.47 bits per heavy atom. The Labute approximate surface area is 108 Å². The number of nitrogens with zero attached hydrogens (tertiary/aromatic N) is 2. The minimum Gasteiger partial charge on any atom is -0.339 e. The molecule has 0 fully saturated rings. The summed E-state index contributed by atoms with van der Waals surface area (Å²) in [6, 6.07) is 4.46. The van der Waals surface area contributed by atoms with Crippen molar-refractivity contribution in [1.82, 2.24) is 4.90 Å². The van der Waals surface area contributed by atoms with E-state index in [2.05, 4.69) is 15.9 Å². The molecule has 0 unspecified atom stereocenters. The second-order valence-corrected chi connectivity index (χ2v) is 4.17. The molecule has 5 nitrogen and oxygen atoms in total. The fourth-order valence-corrected chi connectivity index (χ4v) is 2.09. The van der Waals surface area contributed by atoms with E-state index >= 15 is 0 Å². The SMILES string of the molecule is CCN(CC)C(=O)c1cccc([N+](=O)[O-])c1Br. The summed E-state index contributed by atoms with van der Waals surface area (Å²) in [5.41, 5.74) is 0.228. The van der Waals surface area contributed by atoms with Gasteiger partial charge >= 0.3 is 0 Å². The third-order valence-corrected chi connectivity index (χ3v) is 3.29. The average Bonchev–Trinajstić information content (AvgIpc) is 2.30. The first-order valence-electron chi connectivity index (χ1n) is 5.25. The summed E-state index contributed by atoms with van der Waals surface area (Å²) < 4.78 is 0.238. The Morgan fingerprint density at radius 1 is 1.41 bits per heavy atom. The Hall–Kier alpha value is -1.43. The number of hydrogen-bond acceptors (Lipinski definition) is 3. The number of hydrogen-bond donors (Lipinski definition) is 0. The van der Waals surface area contributed by atoms with Gasteiger partial charge in [-0.15, -0.1) is 0 Å². The molecule has 1 amide bonds. The molecule has 1 rings (SSSR count). The number of rotatable bonds is 4. The van der Waals surface area contributed by atoms with Crippen LogP contribution in [-0.2, 0) is 0 Å². The molecule has 0 spiro atoms. The van der Waals surface area contributed by atoms with Gasteiger partial charge < -0.3 is 4.90 Å². The molecule has 0 heterocycles. The van der Waals surface area contributed by atoms with E-state index < -0.39 is 4.92 Å². The number of carbonyl (C=O) groups is 1. The molecule has 0 aliphatic rings. The molecule has 0 aromatic heterocycles. The van der Waals surface area contributed by atoms with Crippen molar-refractivity contribution in [2.75, 3.05) is 13.1 Å².